The number of carbonyl (C=O) groups excluding carboxylic acids is 2. The molecule has 0 N–H and O–H groups in total. The van der Waals surface area contributed by atoms with Gasteiger partial charge in [-0.2, -0.15) is 13.2 Å². The molecule has 1 rings (SSSR count). The number of likely N-dealkylation sites (N-methyl/N-ethyl adjacent to an activating group) is 1. The number of hydrogen-bond donors (Lipinski definition) is 0. The van der Waals surface area contributed by atoms with Crippen molar-refractivity contribution in [1.82, 2.24) is 9.80 Å². The fraction of sp³-hybridized carbons (Fsp3) is 0.429. The Morgan fingerprint density at radius 1 is 1.25 bits per heavy atom. The number of hydrogen-bond acceptors (Lipinski definition) is 4. The molecule has 0 aliphatic rings. The van der Waals surface area contributed by atoms with E-state index in [-0.39, 0.29) is 10.5 Å². The molecule has 132 valence electrons. The maximum Gasteiger partial charge on any atom is 0.406 e. The fourth-order valence-corrected chi connectivity index (χ4v) is 1.96. The molecule has 0 saturated heterocycles. The average molecular weight is 347 g/mol. The lowest BCUT2D eigenvalue weighted by atomic mass is 10.1. The van der Waals surface area contributed by atoms with Gasteiger partial charge < -0.3 is 9.80 Å². The molecule has 2 amide bonds. The van der Waals surface area contributed by atoms with Gasteiger partial charge in [0.1, 0.15) is 18.7 Å². The number of nitrogens with zero attached hydrogens (tertiary/aromatic N) is 3. The van der Waals surface area contributed by atoms with Crippen LogP contribution in [0.3, 0.4) is 0 Å². The van der Waals surface area contributed by atoms with E-state index in [4.69, 9.17) is 0 Å². The number of nitro benzene ring substituents is 1. The molecule has 0 radical (unpaired) electrons. The standard InChI is InChI=1S/C14H16F3N3O4/c1-9-5-4-6-10(12(9)20(23)24)13(22)19(8-14(15,16)17)7-11(21)18(2)3/h4-6H,7-8H2,1-3H3. The zero-order chi connectivity index (χ0) is 18.7. The Morgan fingerprint density at radius 3 is 2.29 bits per heavy atom. The zero-order valence-corrected chi connectivity index (χ0v) is 13.3. The first kappa shape index (κ1) is 19.4. The molecule has 0 aliphatic heterocycles. The lowest BCUT2D eigenvalue weighted by Gasteiger charge is -2.25. The van der Waals surface area contributed by atoms with Crippen molar-refractivity contribution in [3.8, 4) is 0 Å². The van der Waals surface area contributed by atoms with Crippen LogP contribution in [0, 0.1) is 17.0 Å². The van der Waals surface area contributed by atoms with Crippen LogP contribution in [0.2, 0.25) is 0 Å². The molecular weight excluding hydrogens is 331 g/mol. The molecule has 1 aromatic rings. The minimum Gasteiger partial charge on any atom is -0.347 e. The van der Waals surface area contributed by atoms with E-state index < -0.39 is 47.3 Å². The Bertz CT molecular complexity index is 659. The van der Waals surface area contributed by atoms with E-state index in [9.17, 15) is 32.9 Å². The normalized spacial score (nSPS) is 11.1. The SMILES string of the molecule is Cc1cccc(C(=O)N(CC(=O)N(C)C)CC(F)(F)F)c1[N+](=O)[O-]. The Morgan fingerprint density at radius 2 is 1.83 bits per heavy atom. The van der Waals surface area contributed by atoms with Gasteiger partial charge in [-0.3, -0.25) is 19.7 Å². The van der Waals surface area contributed by atoms with Crippen molar-refractivity contribution in [2.45, 2.75) is 13.1 Å². The van der Waals surface area contributed by atoms with Crippen LogP contribution in [0.1, 0.15) is 15.9 Å². The fourth-order valence-electron chi connectivity index (χ4n) is 1.96. The van der Waals surface area contributed by atoms with Crippen LogP contribution in [0.25, 0.3) is 0 Å². The summed E-state index contributed by atoms with van der Waals surface area (Å²) in [4.78, 5) is 35.7. The number of amides is 2. The summed E-state index contributed by atoms with van der Waals surface area (Å²) in [7, 11) is 2.65. The van der Waals surface area contributed by atoms with Gasteiger partial charge in [0, 0.05) is 19.7 Å². The molecule has 0 bridgehead atoms. The number of rotatable bonds is 5. The zero-order valence-electron chi connectivity index (χ0n) is 13.3. The third-order valence-electron chi connectivity index (χ3n) is 3.13. The highest BCUT2D eigenvalue weighted by Gasteiger charge is 2.36. The topological polar surface area (TPSA) is 83.8 Å². The Labute approximate surface area is 135 Å². The predicted molar refractivity (Wildman–Crippen MR) is 78.5 cm³/mol. The number of nitro groups is 1. The summed E-state index contributed by atoms with van der Waals surface area (Å²) in [6, 6.07) is 3.76. The molecule has 0 heterocycles. The van der Waals surface area contributed by atoms with Gasteiger partial charge in [-0.05, 0) is 13.0 Å². The van der Waals surface area contributed by atoms with Crippen molar-refractivity contribution in [3.05, 3.63) is 39.4 Å². The first-order valence-electron chi connectivity index (χ1n) is 6.74. The van der Waals surface area contributed by atoms with Gasteiger partial charge in [-0.25, -0.2) is 0 Å². The quantitative estimate of drug-likeness (QED) is 0.602. The predicted octanol–water partition coefficient (Wildman–Crippen LogP) is 2.00. The van der Waals surface area contributed by atoms with Crippen molar-refractivity contribution >= 4 is 17.5 Å². The van der Waals surface area contributed by atoms with E-state index >= 15 is 0 Å². The van der Waals surface area contributed by atoms with Crippen molar-refractivity contribution in [2.24, 2.45) is 0 Å². The Kier molecular flexibility index (Phi) is 5.88. The van der Waals surface area contributed by atoms with Crippen LogP contribution in [0.4, 0.5) is 18.9 Å². The van der Waals surface area contributed by atoms with E-state index in [1.165, 1.54) is 33.2 Å². The minimum absolute atomic E-state index is 0.136. The summed E-state index contributed by atoms with van der Waals surface area (Å²) in [6.07, 6.45) is -4.75. The Balaban J connectivity index is 3.28. The van der Waals surface area contributed by atoms with Gasteiger partial charge in [-0.15, -0.1) is 0 Å². The molecule has 0 aliphatic carbocycles. The van der Waals surface area contributed by atoms with Gasteiger partial charge in [0.15, 0.2) is 0 Å². The lowest BCUT2D eigenvalue weighted by molar-refractivity contribution is -0.385. The summed E-state index contributed by atoms with van der Waals surface area (Å²) in [5.41, 5.74) is -0.931. The van der Waals surface area contributed by atoms with E-state index in [1.54, 1.807) is 0 Å². The Hall–Kier alpha value is -2.65. The summed E-state index contributed by atoms with van der Waals surface area (Å²) in [5.74, 6) is -1.96. The molecule has 7 nitrogen and oxygen atoms in total. The number of carbonyl (C=O) groups is 2. The third-order valence-corrected chi connectivity index (χ3v) is 3.13. The van der Waals surface area contributed by atoms with Gasteiger partial charge >= 0.3 is 6.18 Å². The number of benzene rings is 1. The second kappa shape index (κ2) is 7.28. The van der Waals surface area contributed by atoms with Gasteiger partial charge in [0.25, 0.3) is 11.6 Å². The summed E-state index contributed by atoms with van der Waals surface area (Å²) < 4.78 is 38.2. The second-order valence-corrected chi connectivity index (χ2v) is 5.29. The maximum atomic E-state index is 12.7. The van der Waals surface area contributed by atoms with E-state index in [2.05, 4.69) is 0 Å². The molecular formula is C14H16F3N3O4. The number of alkyl halides is 3. The van der Waals surface area contributed by atoms with Crippen LogP contribution in [-0.4, -0.2) is 59.9 Å². The number of para-hydroxylation sites is 1. The first-order chi connectivity index (χ1) is 10.9. The molecule has 0 spiro atoms. The van der Waals surface area contributed by atoms with Crippen molar-refractivity contribution in [3.63, 3.8) is 0 Å². The molecule has 0 atom stereocenters. The summed E-state index contributed by atoms with van der Waals surface area (Å²) in [6.45, 7) is -1.15. The highest BCUT2D eigenvalue weighted by atomic mass is 19.4. The monoisotopic (exact) mass is 347 g/mol. The average Bonchev–Trinajstić information content (AvgIpc) is 2.43. The van der Waals surface area contributed by atoms with E-state index in [1.807, 2.05) is 0 Å². The van der Waals surface area contributed by atoms with Crippen LogP contribution >= 0.6 is 0 Å². The maximum absolute atomic E-state index is 12.7. The highest BCUT2D eigenvalue weighted by molar-refractivity contribution is 6.00. The van der Waals surface area contributed by atoms with Crippen LogP contribution in [0.5, 0.6) is 0 Å². The van der Waals surface area contributed by atoms with Gasteiger partial charge in [-0.1, -0.05) is 12.1 Å². The van der Waals surface area contributed by atoms with Crippen molar-refractivity contribution in [1.29, 1.82) is 0 Å². The lowest BCUT2D eigenvalue weighted by Crippen LogP contribution is -2.45. The van der Waals surface area contributed by atoms with Crippen LogP contribution in [0.15, 0.2) is 18.2 Å². The molecule has 0 fully saturated rings. The number of aryl methyl sites for hydroxylation is 1. The molecule has 24 heavy (non-hydrogen) atoms. The van der Waals surface area contributed by atoms with Crippen LogP contribution in [-0.2, 0) is 4.79 Å². The third kappa shape index (κ3) is 4.93. The molecule has 1 aromatic carbocycles. The van der Waals surface area contributed by atoms with E-state index in [0.29, 0.717) is 0 Å². The molecule has 0 unspecified atom stereocenters. The van der Waals surface area contributed by atoms with E-state index in [0.717, 1.165) is 11.0 Å². The summed E-state index contributed by atoms with van der Waals surface area (Å²) in [5, 5.41) is 11.1. The van der Waals surface area contributed by atoms with Gasteiger partial charge in [0.05, 0.1) is 4.92 Å². The smallest absolute Gasteiger partial charge is 0.347 e. The molecule has 10 heteroatoms. The molecule has 0 aromatic heterocycles. The first-order valence-corrected chi connectivity index (χ1v) is 6.74. The second-order valence-electron chi connectivity index (χ2n) is 5.29. The minimum atomic E-state index is -4.75. The van der Waals surface area contributed by atoms with Crippen molar-refractivity contribution < 1.29 is 27.7 Å². The van der Waals surface area contributed by atoms with Crippen molar-refractivity contribution in [2.75, 3.05) is 27.2 Å². The highest BCUT2D eigenvalue weighted by Crippen LogP contribution is 2.26. The molecule has 0 saturated carbocycles. The van der Waals surface area contributed by atoms with Crippen LogP contribution < -0.4 is 0 Å². The largest absolute Gasteiger partial charge is 0.406 e. The summed E-state index contributed by atoms with van der Waals surface area (Å²) >= 11 is 0. The number of halogens is 3. The van der Waals surface area contributed by atoms with Gasteiger partial charge in [0.2, 0.25) is 5.91 Å².